The van der Waals surface area contributed by atoms with Gasteiger partial charge in [0.05, 0.1) is 6.61 Å². The molecule has 0 fully saturated rings. The predicted molar refractivity (Wildman–Crippen MR) is 127 cm³/mol. The minimum atomic E-state index is -0.972. The third-order valence-corrected chi connectivity index (χ3v) is 5.63. The average molecular weight is 427 g/mol. The van der Waals surface area contributed by atoms with Crippen LogP contribution in [-0.4, -0.2) is 35.0 Å². The topological polar surface area (TPSA) is 66.8 Å². The molecular weight excluding hydrogens is 376 g/mol. The van der Waals surface area contributed by atoms with Gasteiger partial charge in [-0.05, 0) is 44.9 Å². The van der Waals surface area contributed by atoms with Gasteiger partial charge in [0.25, 0.3) is 0 Å². The Morgan fingerprint density at radius 3 is 1.83 bits per heavy atom. The van der Waals surface area contributed by atoms with Crippen LogP contribution in [0.25, 0.3) is 0 Å². The molecule has 4 nitrogen and oxygen atoms in total. The first-order valence-electron chi connectivity index (χ1n) is 12.8. The van der Waals surface area contributed by atoms with E-state index in [9.17, 15) is 9.90 Å². The van der Waals surface area contributed by atoms with Crippen molar-refractivity contribution in [2.75, 3.05) is 6.61 Å². The van der Waals surface area contributed by atoms with Crippen molar-refractivity contribution in [2.45, 2.75) is 142 Å². The summed E-state index contributed by atoms with van der Waals surface area (Å²) in [6.45, 7) is 4.00. The minimum Gasteiger partial charge on any atom is -0.460 e. The molecule has 0 aromatic rings. The normalized spacial score (nSPS) is 13.6. The molecule has 2 unspecified atom stereocenters. The summed E-state index contributed by atoms with van der Waals surface area (Å²) in [5, 5.41) is 19.0. The molecule has 0 bridgehead atoms. The second kappa shape index (κ2) is 22.8. The first kappa shape index (κ1) is 29.1. The molecule has 0 aromatic carbocycles. The number of carbonyl (C=O) groups is 1. The molecule has 0 aliphatic rings. The fourth-order valence-corrected chi connectivity index (χ4v) is 3.61. The van der Waals surface area contributed by atoms with E-state index in [0.717, 1.165) is 44.9 Å². The Morgan fingerprint density at radius 2 is 1.27 bits per heavy atom. The molecule has 0 heterocycles. The van der Waals surface area contributed by atoms with E-state index in [1.165, 1.54) is 57.8 Å². The summed E-state index contributed by atoms with van der Waals surface area (Å²) in [6.07, 6.45) is 23.2. The van der Waals surface area contributed by atoms with Gasteiger partial charge >= 0.3 is 5.97 Å². The third-order valence-electron chi connectivity index (χ3n) is 5.63. The lowest BCUT2D eigenvalue weighted by Gasteiger charge is -2.21. The number of carbonyl (C=O) groups excluding carboxylic acids is 1. The van der Waals surface area contributed by atoms with Gasteiger partial charge in [0.15, 0.2) is 0 Å². The summed E-state index contributed by atoms with van der Waals surface area (Å²) in [4.78, 5) is 12.0. The molecule has 4 heteroatoms. The Bertz CT molecular complexity index is 394. The van der Waals surface area contributed by atoms with E-state index in [1.54, 1.807) is 0 Å². The fourth-order valence-electron chi connectivity index (χ4n) is 3.61. The summed E-state index contributed by atoms with van der Waals surface area (Å²) < 4.78 is 5.41. The molecule has 0 aromatic heterocycles. The lowest BCUT2D eigenvalue weighted by Crippen LogP contribution is -2.34. The first-order valence-corrected chi connectivity index (χ1v) is 12.8. The number of unbranched alkanes of at least 4 members (excludes halogenated alkanes) is 13. The number of hydrogen-bond acceptors (Lipinski definition) is 4. The highest BCUT2D eigenvalue weighted by Crippen LogP contribution is 2.14. The third kappa shape index (κ3) is 19.1. The lowest BCUT2D eigenvalue weighted by atomic mass is 10.1. The molecule has 2 atom stereocenters. The van der Waals surface area contributed by atoms with Gasteiger partial charge in [0.1, 0.15) is 12.2 Å². The van der Waals surface area contributed by atoms with Gasteiger partial charge in [0.2, 0.25) is 0 Å². The summed E-state index contributed by atoms with van der Waals surface area (Å²) in [7, 11) is 0. The maximum atomic E-state index is 12.0. The molecule has 0 spiro atoms. The molecule has 178 valence electrons. The number of hydrogen-bond donors (Lipinski definition) is 2. The van der Waals surface area contributed by atoms with Crippen molar-refractivity contribution in [3.63, 3.8) is 0 Å². The van der Waals surface area contributed by atoms with Gasteiger partial charge in [-0.15, -0.1) is 0 Å². The fraction of sp³-hybridized carbons (Fsp3) is 0.885. The van der Waals surface area contributed by atoms with Crippen LogP contribution in [0.5, 0.6) is 0 Å². The van der Waals surface area contributed by atoms with E-state index < -0.39 is 12.2 Å². The number of aliphatic hydroxyl groups excluding tert-OH is 2. The molecule has 30 heavy (non-hydrogen) atoms. The van der Waals surface area contributed by atoms with Gasteiger partial charge in [-0.1, -0.05) is 90.2 Å². The molecule has 0 radical (unpaired) electrons. The Labute approximate surface area is 186 Å². The van der Waals surface area contributed by atoms with E-state index in [4.69, 9.17) is 9.84 Å². The van der Waals surface area contributed by atoms with Crippen molar-refractivity contribution in [1.82, 2.24) is 0 Å². The summed E-state index contributed by atoms with van der Waals surface area (Å²) in [5.74, 6) is -0.248. The standard InChI is InChI=1S/C26H50O4/c1-3-5-7-8-9-10-11-12-13-14-15-16-17-18-20-22-26(29)30-25(24(28)23-27)21-19-6-4-2/h12-13,24-25,27-28H,3-11,14-23H2,1-2H3/b13-12-. The van der Waals surface area contributed by atoms with Crippen LogP contribution in [0.15, 0.2) is 12.2 Å². The molecule has 0 aliphatic heterocycles. The summed E-state index contributed by atoms with van der Waals surface area (Å²) in [5.41, 5.74) is 0. The maximum absolute atomic E-state index is 12.0. The SMILES string of the molecule is CCCCCCCC/C=C\CCCCCCCC(=O)OC(CCCCC)C(O)CO. The van der Waals surface area contributed by atoms with Crippen LogP contribution >= 0.6 is 0 Å². The van der Waals surface area contributed by atoms with Crippen LogP contribution in [0.2, 0.25) is 0 Å². The molecule has 0 amide bonds. The van der Waals surface area contributed by atoms with Crippen LogP contribution in [0.3, 0.4) is 0 Å². The highest BCUT2D eigenvalue weighted by Gasteiger charge is 2.22. The second-order valence-corrected chi connectivity index (χ2v) is 8.61. The van der Waals surface area contributed by atoms with Crippen LogP contribution in [0.4, 0.5) is 0 Å². The van der Waals surface area contributed by atoms with E-state index in [2.05, 4.69) is 26.0 Å². The Morgan fingerprint density at radius 1 is 0.767 bits per heavy atom. The van der Waals surface area contributed by atoms with E-state index >= 15 is 0 Å². The number of rotatable bonds is 22. The molecule has 0 aliphatic carbocycles. The maximum Gasteiger partial charge on any atom is 0.306 e. The lowest BCUT2D eigenvalue weighted by molar-refractivity contribution is -0.157. The van der Waals surface area contributed by atoms with Crippen LogP contribution in [-0.2, 0) is 9.53 Å². The Kier molecular flexibility index (Phi) is 22.1. The van der Waals surface area contributed by atoms with Crippen LogP contribution < -0.4 is 0 Å². The van der Waals surface area contributed by atoms with Crippen molar-refractivity contribution in [1.29, 1.82) is 0 Å². The first-order chi connectivity index (χ1) is 14.7. The van der Waals surface area contributed by atoms with Crippen molar-refractivity contribution >= 4 is 5.97 Å². The molecule has 0 saturated heterocycles. The summed E-state index contributed by atoms with van der Waals surface area (Å²) in [6, 6.07) is 0. The zero-order chi connectivity index (χ0) is 22.3. The largest absolute Gasteiger partial charge is 0.460 e. The smallest absolute Gasteiger partial charge is 0.306 e. The van der Waals surface area contributed by atoms with Crippen molar-refractivity contribution in [3.8, 4) is 0 Å². The average Bonchev–Trinajstić information content (AvgIpc) is 2.75. The number of esters is 1. The Balaban J connectivity index is 3.59. The highest BCUT2D eigenvalue weighted by atomic mass is 16.6. The van der Waals surface area contributed by atoms with Gasteiger partial charge in [-0.25, -0.2) is 0 Å². The Hall–Kier alpha value is -0.870. The van der Waals surface area contributed by atoms with E-state index in [1.807, 2.05) is 0 Å². The summed E-state index contributed by atoms with van der Waals surface area (Å²) >= 11 is 0. The monoisotopic (exact) mass is 426 g/mol. The van der Waals surface area contributed by atoms with Crippen molar-refractivity contribution in [2.24, 2.45) is 0 Å². The van der Waals surface area contributed by atoms with E-state index in [0.29, 0.717) is 12.8 Å². The predicted octanol–water partition coefficient (Wildman–Crippen LogP) is 6.87. The van der Waals surface area contributed by atoms with Gasteiger partial charge in [-0.3, -0.25) is 4.79 Å². The quantitative estimate of drug-likeness (QED) is 0.113. The van der Waals surface area contributed by atoms with E-state index in [-0.39, 0.29) is 12.6 Å². The second-order valence-electron chi connectivity index (χ2n) is 8.61. The number of aliphatic hydroxyl groups is 2. The number of allylic oxidation sites excluding steroid dienone is 2. The zero-order valence-corrected chi connectivity index (χ0v) is 20.0. The number of ether oxygens (including phenoxy) is 1. The van der Waals surface area contributed by atoms with Crippen LogP contribution in [0.1, 0.15) is 129 Å². The molecular formula is C26H50O4. The van der Waals surface area contributed by atoms with Gasteiger partial charge < -0.3 is 14.9 Å². The zero-order valence-electron chi connectivity index (χ0n) is 20.0. The molecule has 0 rings (SSSR count). The van der Waals surface area contributed by atoms with Crippen LogP contribution in [0, 0.1) is 0 Å². The molecule has 2 N–H and O–H groups in total. The van der Waals surface area contributed by atoms with Gasteiger partial charge in [-0.2, -0.15) is 0 Å². The molecule has 0 saturated carbocycles. The van der Waals surface area contributed by atoms with Crippen molar-refractivity contribution in [3.05, 3.63) is 12.2 Å². The van der Waals surface area contributed by atoms with Crippen molar-refractivity contribution < 1.29 is 19.7 Å². The minimum absolute atomic E-state index is 0.248. The highest BCUT2D eigenvalue weighted by molar-refractivity contribution is 5.69. The van der Waals surface area contributed by atoms with Gasteiger partial charge in [0, 0.05) is 6.42 Å².